The summed E-state index contributed by atoms with van der Waals surface area (Å²) in [6, 6.07) is 8.65. The van der Waals surface area contributed by atoms with E-state index in [2.05, 4.69) is 0 Å². The summed E-state index contributed by atoms with van der Waals surface area (Å²) in [5.74, 6) is -0.943. The minimum Gasteiger partial charge on any atom is -0.477 e. The van der Waals surface area contributed by atoms with Crippen molar-refractivity contribution >= 4 is 23.6 Å². The number of aromatic carboxylic acids is 1. The van der Waals surface area contributed by atoms with E-state index in [0.717, 1.165) is 11.8 Å². The summed E-state index contributed by atoms with van der Waals surface area (Å²) in [5.41, 5.74) is 1.95. The fourth-order valence-electron chi connectivity index (χ4n) is 1.48. The summed E-state index contributed by atoms with van der Waals surface area (Å²) in [7, 11) is 0. The Morgan fingerprint density at radius 2 is 2.12 bits per heavy atom. The first kappa shape index (κ1) is 10.6. The van der Waals surface area contributed by atoms with Crippen LogP contribution in [0.1, 0.15) is 20.0 Å². The molecule has 0 radical (unpaired) electrons. The molecule has 1 aromatic carbocycles. The van der Waals surface area contributed by atoms with Crippen LogP contribution >= 0.6 is 11.3 Å². The van der Waals surface area contributed by atoms with Gasteiger partial charge in [0.15, 0.2) is 0 Å². The first-order valence-corrected chi connectivity index (χ1v) is 5.46. The summed E-state index contributed by atoms with van der Waals surface area (Å²) in [4.78, 5) is 21.9. The Morgan fingerprint density at radius 1 is 1.31 bits per heavy atom. The third kappa shape index (κ3) is 1.87. The van der Waals surface area contributed by atoms with Gasteiger partial charge < -0.3 is 5.11 Å². The van der Waals surface area contributed by atoms with E-state index in [9.17, 15) is 9.59 Å². The van der Waals surface area contributed by atoms with Crippen molar-refractivity contribution in [2.24, 2.45) is 0 Å². The van der Waals surface area contributed by atoms with Crippen LogP contribution in [0.3, 0.4) is 0 Å². The van der Waals surface area contributed by atoms with Gasteiger partial charge in [-0.1, -0.05) is 18.2 Å². The number of carbonyl (C=O) groups excluding carboxylic acids is 1. The van der Waals surface area contributed by atoms with E-state index < -0.39 is 5.97 Å². The lowest BCUT2D eigenvalue weighted by atomic mass is 10.0. The molecule has 4 heteroatoms. The summed E-state index contributed by atoms with van der Waals surface area (Å²) in [6.07, 6.45) is 0.746. The molecule has 0 saturated carbocycles. The number of thiophene rings is 1. The van der Waals surface area contributed by atoms with Crippen LogP contribution in [-0.4, -0.2) is 17.4 Å². The minimum atomic E-state index is -0.943. The van der Waals surface area contributed by atoms with Gasteiger partial charge in [0.25, 0.3) is 0 Å². The van der Waals surface area contributed by atoms with Gasteiger partial charge in [0, 0.05) is 11.1 Å². The molecule has 0 fully saturated rings. The quantitative estimate of drug-likeness (QED) is 0.828. The van der Waals surface area contributed by atoms with Crippen LogP contribution < -0.4 is 0 Å². The molecule has 1 heterocycles. The number of carbonyl (C=O) groups is 2. The Kier molecular flexibility index (Phi) is 2.83. The second-order valence-electron chi connectivity index (χ2n) is 3.21. The Hall–Kier alpha value is -1.94. The highest BCUT2D eigenvalue weighted by Gasteiger charge is 2.13. The highest BCUT2D eigenvalue weighted by Crippen LogP contribution is 2.28. The van der Waals surface area contributed by atoms with Crippen molar-refractivity contribution in [3.8, 4) is 11.1 Å². The molecule has 3 nitrogen and oxygen atoms in total. The van der Waals surface area contributed by atoms with Crippen LogP contribution in [0.2, 0.25) is 0 Å². The first-order valence-electron chi connectivity index (χ1n) is 4.59. The van der Waals surface area contributed by atoms with E-state index in [0.29, 0.717) is 16.0 Å². The molecular weight excluding hydrogens is 224 g/mol. The zero-order valence-electron chi connectivity index (χ0n) is 8.21. The lowest BCUT2D eigenvalue weighted by Crippen LogP contribution is -1.94. The molecule has 2 rings (SSSR count). The highest BCUT2D eigenvalue weighted by molar-refractivity contribution is 7.12. The number of carboxylic acid groups (broad SMARTS) is 1. The third-order valence-corrected chi connectivity index (χ3v) is 3.10. The van der Waals surface area contributed by atoms with Gasteiger partial charge >= 0.3 is 5.97 Å². The van der Waals surface area contributed by atoms with Gasteiger partial charge in [0.1, 0.15) is 11.2 Å². The van der Waals surface area contributed by atoms with Gasteiger partial charge in [-0.25, -0.2) is 4.79 Å². The van der Waals surface area contributed by atoms with Crippen LogP contribution in [0.4, 0.5) is 0 Å². The van der Waals surface area contributed by atoms with Crippen molar-refractivity contribution in [1.82, 2.24) is 0 Å². The van der Waals surface area contributed by atoms with E-state index in [-0.39, 0.29) is 0 Å². The first-order chi connectivity index (χ1) is 7.72. The maximum absolute atomic E-state index is 11.0. The maximum Gasteiger partial charge on any atom is 0.346 e. The van der Waals surface area contributed by atoms with Crippen molar-refractivity contribution < 1.29 is 14.7 Å². The number of hydrogen-bond donors (Lipinski definition) is 1. The lowest BCUT2D eigenvalue weighted by molar-refractivity contribution is 0.0703. The van der Waals surface area contributed by atoms with Gasteiger partial charge in [-0.15, -0.1) is 11.3 Å². The molecule has 1 N–H and O–H groups in total. The molecule has 0 saturated heterocycles. The van der Waals surface area contributed by atoms with Gasteiger partial charge in [0.2, 0.25) is 0 Å². The molecule has 0 aliphatic rings. The van der Waals surface area contributed by atoms with Crippen LogP contribution in [-0.2, 0) is 0 Å². The van der Waals surface area contributed by atoms with E-state index in [1.165, 1.54) is 11.3 Å². The second kappa shape index (κ2) is 4.28. The van der Waals surface area contributed by atoms with E-state index >= 15 is 0 Å². The summed E-state index contributed by atoms with van der Waals surface area (Å²) < 4.78 is 0. The monoisotopic (exact) mass is 232 g/mol. The van der Waals surface area contributed by atoms with Crippen LogP contribution in [0.15, 0.2) is 35.7 Å². The van der Waals surface area contributed by atoms with Gasteiger partial charge in [-0.05, 0) is 23.1 Å². The Bertz CT molecular complexity index is 543. The van der Waals surface area contributed by atoms with Crippen LogP contribution in [0.5, 0.6) is 0 Å². The SMILES string of the molecule is O=Cc1cccc(-c2ccsc2C(=O)O)c1. The largest absolute Gasteiger partial charge is 0.477 e. The molecule has 0 aliphatic heterocycles. The van der Waals surface area contributed by atoms with Crippen molar-refractivity contribution in [2.75, 3.05) is 0 Å². The molecule has 0 bridgehead atoms. The molecular formula is C12H8O3S. The zero-order valence-corrected chi connectivity index (χ0v) is 9.03. The van der Waals surface area contributed by atoms with Gasteiger partial charge in [-0.2, -0.15) is 0 Å². The highest BCUT2D eigenvalue weighted by atomic mass is 32.1. The average molecular weight is 232 g/mol. The fraction of sp³-hybridized carbons (Fsp3) is 0. The van der Waals surface area contributed by atoms with Crippen molar-refractivity contribution in [3.63, 3.8) is 0 Å². The third-order valence-electron chi connectivity index (χ3n) is 2.19. The summed E-state index contributed by atoms with van der Waals surface area (Å²) >= 11 is 1.18. The van der Waals surface area contributed by atoms with Crippen molar-refractivity contribution in [3.05, 3.63) is 46.2 Å². The molecule has 0 atom stereocenters. The van der Waals surface area contributed by atoms with E-state index in [4.69, 9.17) is 5.11 Å². The van der Waals surface area contributed by atoms with Gasteiger partial charge in [0.05, 0.1) is 0 Å². The smallest absolute Gasteiger partial charge is 0.346 e. The van der Waals surface area contributed by atoms with Gasteiger partial charge in [-0.3, -0.25) is 4.79 Å². The lowest BCUT2D eigenvalue weighted by Gasteiger charge is -2.01. The minimum absolute atomic E-state index is 0.294. The molecule has 80 valence electrons. The molecule has 0 unspecified atom stereocenters. The molecule has 0 spiro atoms. The van der Waals surface area contributed by atoms with Crippen molar-refractivity contribution in [2.45, 2.75) is 0 Å². The molecule has 2 aromatic rings. The normalized spacial score (nSPS) is 10.0. The second-order valence-corrected chi connectivity index (χ2v) is 4.13. The van der Waals surface area contributed by atoms with Crippen LogP contribution in [0, 0.1) is 0 Å². The van der Waals surface area contributed by atoms with E-state index in [1.54, 1.807) is 35.7 Å². The standard InChI is InChI=1S/C12H8O3S/c13-7-8-2-1-3-9(6-8)10-4-5-16-11(10)12(14)15/h1-7H,(H,14,15). The topological polar surface area (TPSA) is 54.4 Å². The zero-order chi connectivity index (χ0) is 11.5. The number of rotatable bonds is 3. The maximum atomic E-state index is 11.0. The Labute approximate surface area is 96.0 Å². The molecule has 0 aliphatic carbocycles. The summed E-state index contributed by atoms with van der Waals surface area (Å²) in [5, 5.41) is 10.7. The number of benzene rings is 1. The molecule has 1 aromatic heterocycles. The summed E-state index contributed by atoms with van der Waals surface area (Å²) in [6.45, 7) is 0. The van der Waals surface area contributed by atoms with Crippen molar-refractivity contribution in [1.29, 1.82) is 0 Å². The molecule has 0 amide bonds. The van der Waals surface area contributed by atoms with E-state index in [1.807, 2.05) is 0 Å². The Balaban J connectivity index is 2.54. The number of carboxylic acids is 1. The number of aldehydes is 1. The average Bonchev–Trinajstić information content (AvgIpc) is 2.78. The fourth-order valence-corrected chi connectivity index (χ4v) is 2.24. The predicted octanol–water partition coefficient (Wildman–Crippen LogP) is 2.93. The number of hydrogen-bond acceptors (Lipinski definition) is 3. The Morgan fingerprint density at radius 3 is 2.81 bits per heavy atom. The molecule has 16 heavy (non-hydrogen) atoms. The predicted molar refractivity (Wildman–Crippen MR) is 62.1 cm³/mol. The van der Waals surface area contributed by atoms with Crippen LogP contribution in [0.25, 0.3) is 11.1 Å².